The Hall–Kier alpha value is -2.55. The average molecular weight is 456 g/mol. The van der Waals surface area contributed by atoms with Gasteiger partial charge in [-0.05, 0) is 30.4 Å². The third-order valence-electron chi connectivity index (χ3n) is 5.46. The molecule has 31 heavy (non-hydrogen) atoms. The van der Waals surface area contributed by atoms with E-state index in [1.807, 2.05) is 35.7 Å². The van der Waals surface area contributed by atoms with E-state index in [1.54, 1.807) is 0 Å². The molecule has 4 rings (SSSR count). The highest BCUT2D eigenvalue weighted by Crippen LogP contribution is 2.27. The fraction of sp³-hybridized carbons (Fsp3) is 0.304. The summed E-state index contributed by atoms with van der Waals surface area (Å²) in [4.78, 5) is 17.2. The molecule has 0 aliphatic carbocycles. The monoisotopic (exact) mass is 455 g/mol. The number of carbonyl (C=O) groups excluding carboxylic acids is 1. The van der Waals surface area contributed by atoms with Gasteiger partial charge in [0.2, 0.25) is 15.9 Å². The van der Waals surface area contributed by atoms with Gasteiger partial charge in [-0.1, -0.05) is 54.6 Å². The van der Waals surface area contributed by atoms with E-state index < -0.39 is 10.0 Å². The van der Waals surface area contributed by atoms with Gasteiger partial charge in [0.15, 0.2) is 5.13 Å². The maximum atomic E-state index is 12.6. The van der Waals surface area contributed by atoms with Crippen molar-refractivity contribution in [1.29, 1.82) is 0 Å². The van der Waals surface area contributed by atoms with Crippen molar-refractivity contribution < 1.29 is 13.2 Å². The van der Waals surface area contributed by atoms with Crippen LogP contribution in [0.25, 0.3) is 11.3 Å². The second-order valence-electron chi connectivity index (χ2n) is 7.85. The van der Waals surface area contributed by atoms with Crippen LogP contribution < -0.4 is 5.32 Å². The van der Waals surface area contributed by atoms with Crippen molar-refractivity contribution in [2.75, 3.05) is 24.7 Å². The van der Waals surface area contributed by atoms with Gasteiger partial charge in [-0.2, -0.15) is 0 Å². The summed E-state index contributed by atoms with van der Waals surface area (Å²) in [5.74, 6) is -0.527. The van der Waals surface area contributed by atoms with Crippen molar-refractivity contribution in [2.24, 2.45) is 5.92 Å². The number of rotatable bonds is 6. The molecule has 6 nitrogen and oxygen atoms in total. The summed E-state index contributed by atoms with van der Waals surface area (Å²) >= 11 is 1.37. The SMILES string of the molecule is CS(=O)(=O)N1CCCC(C(=O)Nc2nc(-c3ccc(Cc4ccccc4)cc3)cs2)C1. The highest BCUT2D eigenvalue weighted by molar-refractivity contribution is 7.88. The fourth-order valence-electron chi connectivity index (χ4n) is 3.75. The van der Waals surface area contributed by atoms with Gasteiger partial charge in [0.25, 0.3) is 0 Å². The summed E-state index contributed by atoms with van der Waals surface area (Å²) in [6, 6.07) is 18.6. The van der Waals surface area contributed by atoms with E-state index in [0.29, 0.717) is 24.5 Å². The molecule has 1 aliphatic heterocycles. The summed E-state index contributed by atoms with van der Waals surface area (Å²) < 4.78 is 24.9. The Morgan fingerprint density at radius 2 is 1.84 bits per heavy atom. The van der Waals surface area contributed by atoms with E-state index in [9.17, 15) is 13.2 Å². The zero-order valence-corrected chi connectivity index (χ0v) is 19.0. The number of nitrogens with one attached hydrogen (secondary N) is 1. The number of hydrogen-bond donors (Lipinski definition) is 1. The third kappa shape index (κ3) is 5.58. The predicted octanol–water partition coefficient (Wildman–Crippen LogP) is 4.01. The van der Waals surface area contributed by atoms with Gasteiger partial charge in [0.05, 0.1) is 17.9 Å². The van der Waals surface area contributed by atoms with E-state index in [4.69, 9.17) is 0 Å². The van der Waals surface area contributed by atoms with Gasteiger partial charge in [-0.25, -0.2) is 17.7 Å². The maximum absolute atomic E-state index is 12.6. The number of anilines is 1. The minimum Gasteiger partial charge on any atom is -0.302 e. The Balaban J connectivity index is 1.38. The molecule has 1 saturated heterocycles. The molecule has 1 unspecified atom stereocenters. The van der Waals surface area contributed by atoms with Crippen molar-refractivity contribution in [1.82, 2.24) is 9.29 Å². The Labute approximate surface area is 187 Å². The minimum absolute atomic E-state index is 0.174. The van der Waals surface area contributed by atoms with Crippen LogP contribution in [0.4, 0.5) is 5.13 Å². The number of aromatic nitrogens is 1. The Morgan fingerprint density at radius 1 is 1.13 bits per heavy atom. The number of sulfonamides is 1. The molecule has 0 bridgehead atoms. The van der Waals surface area contributed by atoms with Gasteiger partial charge in [-0.3, -0.25) is 4.79 Å². The standard InChI is InChI=1S/C23H25N3O3S2/c1-31(28,29)26-13-5-8-20(15-26)22(27)25-23-24-21(16-30-23)19-11-9-18(10-12-19)14-17-6-3-2-4-7-17/h2-4,6-7,9-12,16,20H,5,8,13-15H2,1H3,(H,24,25,27). The fourth-order valence-corrected chi connectivity index (χ4v) is 5.39. The van der Waals surface area contributed by atoms with Crippen LogP contribution in [0.2, 0.25) is 0 Å². The van der Waals surface area contributed by atoms with E-state index in [0.717, 1.165) is 17.7 Å². The van der Waals surface area contributed by atoms with Crippen molar-refractivity contribution in [3.8, 4) is 11.3 Å². The van der Waals surface area contributed by atoms with Crippen LogP contribution in [-0.2, 0) is 21.2 Å². The van der Waals surface area contributed by atoms with Crippen molar-refractivity contribution >= 4 is 32.4 Å². The first-order valence-corrected chi connectivity index (χ1v) is 13.0. The Morgan fingerprint density at radius 3 is 2.55 bits per heavy atom. The molecule has 0 saturated carbocycles. The summed E-state index contributed by atoms with van der Waals surface area (Å²) in [5, 5.41) is 5.32. The molecule has 2 aromatic carbocycles. The molecule has 1 atom stereocenters. The predicted molar refractivity (Wildman–Crippen MR) is 125 cm³/mol. The molecule has 0 radical (unpaired) electrons. The summed E-state index contributed by atoms with van der Waals surface area (Å²) in [6.45, 7) is 0.704. The van der Waals surface area contributed by atoms with Gasteiger partial charge in [0.1, 0.15) is 0 Å². The summed E-state index contributed by atoms with van der Waals surface area (Å²) in [5.41, 5.74) is 4.31. The molecule has 8 heteroatoms. The first kappa shape index (κ1) is 21.7. The second-order valence-corrected chi connectivity index (χ2v) is 10.7. The number of thiazole rings is 1. The summed E-state index contributed by atoms with van der Waals surface area (Å²) in [6.07, 6.45) is 3.43. The molecule has 2 heterocycles. The number of nitrogens with zero attached hydrogens (tertiary/aromatic N) is 2. The lowest BCUT2D eigenvalue weighted by molar-refractivity contribution is -0.120. The molecule has 3 aromatic rings. The molecule has 1 N–H and O–H groups in total. The van der Waals surface area contributed by atoms with E-state index in [1.165, 1.54) is 33.0 Å². The molecule has 0 spiro atoms. The van der Waals surface area contributed by atoms with Gasteiger partial charge in [0, 0.05) is 24.0 Å². The highest BCUT2D eigenvalue weighted by Gasteiger charge is 2.30. The highest BCUT2D eigenvalue weighted by atomic mass is 32.2. The minimum atomic E-state index is -3.28. The number of piperidine rings is 1. The number of hydrogen-bond acceptors (Lipinski definition) is 5. The van der Waals surface area contributed by atoms with Crippen LogP contribution in [0.3, 0.4) is 0 Å². The smallest absolute Gasteiger partial charge is 0.230 e. The van der Waals surface area contributed by atoms with Crippen LogP contribution >= 0.6 is 11.3 Å². The van der Waals surface area contributed by atoms with Crippen LogP contribution in [0.1, 0.15) is 24.0 Å². The zero-order chi connectivity index (χ0) is 21.8. The van der Waals surface area contributed by atoms with Crippen molar-refractivity contribution in [2.45, 2.75) is 19.3 Å². The number of carbonyl (C=O) groups is 1. The normalized spacial score (nSPS) is 17.4. The van der Waals surface area contributed by atoms with Crippen LogP contribution in [0, 0.1) is 5.92 Å². The van der Waals surface area contributed by atoms with E-state index in [2.05, 4.69) is 34.6 Å². The molecule has 1 fully saturated rings. The number of benzene rings is 2. The van der Waals surface area contributed by atoms with Crippen LogP contribution in [0.15, 0.2) is 60.0 Å². The molecule has 1 amide bonds. The number of amides is 1. The second kappa shape index (κ2) is 9.30. The average Bonchev–Trinajstić information content (AvgIpc) is 3.23. The van der Waals surface area contributed by atoms with Crippen molar-refractivity contribution in [3.63, 3.8) is 0 Å². The van der Waals surface area contributed by atoms with E-state index in [-0.39, 0.29) is 18.4 Å². The Kier molecular flexibility index (Phi) is 6.50. The maximum Gasteiger partial charge on any atom is 0.230 e. The van der Waals surface area contributed by atoms with Gasteiger partial charge >= 0.3 is 0 Å². The lowest BCUT2D eigenvalue weighted by Crippen LogP contribution is -2.43. The molecular formula is C23H25N3O3S2. The third-order valence-corrected chi connectivity index (χ3v) is 7.49. The lowest BCUT2D eigenvalue weighted by Gasteiger charge is -2.29. The van der Waals surface area contributed by atoms with Gasteiger partial charge in [-0.15, -0.1) is 11.3 Å². The molecule has 1 aromatic heterocycles. The van der Waals surface area contributed by atoms with Crippen LogP contribution in [-0.4, -0.2) is 43.0 Å². The first-order chi connectivity index (χ1) is 14.9. The quantitative estimate of drug-likeness (QED) is 0.609. The zero-order valence-electron chi connectivity index (χ0n) is 17.3. The van der Waals surface area contributed by atoms with E-state index >= 15 is 0 Å². The molecule has 1 aliphatic rings. The Bertz CT molecular complexity index is 1140. The van der Waals surface area contributed by atoms with Crippen molar-refractivity contribution in [3.05, 3.63) is 71.1 Å². The summed E-state index contributed by atoms with van der Waals surface area (Å²) in [7, 11) is -3.28. The topological polar surface area (TPSA) is 79.4 Å². The largest absolute Gasteiger partial charge is 0.302 e. The van der Waals surface area contributed by atoms with Crippen LogP contribution in [0.5, 0.6) is 0 Å². The van der Waals surface area contributed by atoms with Gasteiger partial charge < -0.3 is 5.32 Å². The molecular weight excluding hydrogens is 430 g/mol. The first-order valence-electron chi connectivity index (χ1n) is 10.2. The molecule has 162 valence electrons. The lowest BCUT2D eigenvalue weighted by atomic mass is 9.99.